The predicted molar refractivity (Wildman–Crippen MR) is 241 cm³/mol. The molecule has 0 spiro atoms. The average molecular weight is 900 g/mol. The molecule has 0 aliphatic carbocycles. The van der Waals surface area contributed by atoms with E-state index in [4.69, 9.17) is 5.10 Å². The molecular formula is C48H51F2N11O5. The molecule has 5 amide bonds. The van der Waals surface area contributed by atoms with Gasteiger partial charge in [-0.25, -0.2) is 8.78 Å². The van der Waals surface area contributed by atoms with Crippen molar-refractivity contribution in [3.05, 3.63) is 88.5 Å². The SMILES string of the molecule is CC(=O)N1CCc2c(c(N3CCCc4cc(-c5cn(C)c6ccncc56)c(C(F)F)cc43)nn2C2CN(CCN3CCN(c4ccc5c(c4)C(=O)N(C4CCC(=O)NC4=O)C5=O)CC3)C2)C1. The maximum absolute atomic E-state index is 15.1. The van der Waals surface area contributed by atoms with Gasteiger partial charge in [0.2, 0.25) is 17.7 Å². The molecule has 3 fully saturated rings. The van der Waals surface area contributed by atoms with Gasteiger partial charge in [0, 0.05) is 150 Å². The van der Waals surface area contributed by atoms with Gasteiger partial charge in [-0.05, 0) is 66.8 Å². The molecule has 16 nitrogen and oxygen atoms in total. The van der Waals surface area contributed by atoms with Crippen LogP contribution in [0.4, 0.5) is 26.0 Å². The van der Waals surface area contributed by atoms with Gasteiger partial charge in [0.1, 0.15) is 6.04 Å². The van der Waals surface area contributed by atoms with Gasteiger partial charge < -0.3 is 19.3 Å². The molecule has 66 heavy (non-hydrogen) atoms. The molecule has 11 rings (SSSR count). The number of nitrogens with one attached hydrogen (secondary N) is 1. The number of rotatable bonds is 9. The first-order valence-corrected chi connectivity index (χ1v) is 22.9. The van der Waals surface area contributed by atoms with Gasteiger partial charge in [-0.15, -0.1) is 0 Å². The number of hydrogen-bond donors (Lipinski definition) is 1. The second-order valence-electron chi connectivity index (χ2n) is 18.5. The summed E-state index contributed by atoms with van der Waals surface area (Å²) in [5.41, 5.74) is 7.43. The van der Waals surface area contributed by atoms with Crippen LogP contribution in [0.3, 0.4) is 0 Å². The van der Waals surface area contributed by atoms with Crippen LogP contribution in [-0.4, -0.2) is 140 Å². The van der Waals surface area contributed by atoms with Crippen molar-refractivity contribution in [2.45, 2.75) is 64.1 Å². The number of amides is 5. The lowest BCUT2D eigenvalue weighted by Crippen LogP contribution is -2.54. The van der Waals surface area contributed by atoms with Crippen LogP contribution in [0.2, 0.25) is 0 Å². The summed E-state index contributed by atoms with van der Waals surface area (Å²) in [6.45, 7) is 9.86. The van der Waals surface area contributed by atoms with Crippen LogP contribution < -0.4 is 15.1 Å². The predicted octanol–water partition coefficient (Wildman–Crippen LogP) is 4.44. The van der Waals surface area contributed by atoms with E-state index in [2.05, 4.69) is 34.6 Å². The first-order chi connectivity index (χ1) is 31.9. The summed E-state index contributed by atoms with van der Waals surface area (Å²) < 4.78 is 34.3. The highest BCUT2D eigenvalue weighted by Crippen LogP contribution is 2.45. The molecule has 3 aromatic heterocycles. The van der Waals surface area contributed by atoms with E-state index in [1.165, 1.54) is 0 Å². The van der Waals surface area contributed by atoms with E-state index >= 15 is 8.78 Å². The number of likely N-dealkylation sites (tertiary alicyclic amines) is 1. The van der Waals surface area contributed by atoms with Gasteiger partial charge >= 0.3 is 0 Å². The van der Waals surface area contributed by atoms with Gasteiger partial charge in [-0.3, -0.25) is 53.7 Å². The second-order valence-corrected chi connectivity index (χ2v) is 18.5. The molecule has 5 aromatic rings. The lowest BCUT2D eigenvalue weighted by atomic mass is 9.91. The Morgan fingerprint density at radius 2 is 1.65 bits per heavy atom. The van der Waals surface area contributed by atoms with Crippen molar-refractivity contribution >= 4 is 57.6 Å². The Balaban J connectivity index is 0.760. The van der Waals surface area contributed by atoms with Crippen LogP contribution in [0, 0.1) is 0 Å². The lowest BCUT2D eigenvalue weighted by Gasteiger charge is -2.42. The zero-order valence-electron chi connectivity index (χ0n) is 37.0. The number of benzene rings is 2. The van der Waals surface area contributed by atoms with Crippen molar-refractivity contribution < 1.29 is 32.8 Å². The summed E-state index contributed by atoms with van der Waals surface area (Å²) >= 11 is 0. The summed E-state index contributed by atoms with van der Waals surface area (Å²) in [5, 5.41) is 8.38. The number of piperidine rings is 1. The molecule has 3 saturated heterocycles. The molecule has 2 aromatic carbocycles. The fourth-order valence-corrected chi connectivity index (χ4v) is 11.0. The number of halogens is 2. The van der Waals surface area contributed by atoms with Crippen LogP contribution in [0.1, 0.15) is 81.8 Å². The van der Waals surface area contributed by atoms with Gasteiger partial charge in [-0.1, -0.05) is 0 Å². The summed E-state index contributed by atoms with van der Waals surface area (Å²) in [7, 11) is 1.92. The van der Waals surface area contributed by atoms with Crippen molar-refractivity contribution in [1.82, 2.24) is 44.2 Å². The topological polar surface area (TPSA) is 152 Å². The number of aromatic nitrogens is 4. The summed E-state index contributed by atoms with van der Waals surface area (Å²) in [4.78, 5) is 79.9. The largest absolute Gasteiger partial charge is 0.369 e. The molecule has 6 aliphatic heterocycles. The number of fused-ring (bicyclic) bond motifs is 4. The van der Waals surface area contributed by atoms with E-state index in [9.17, 15) is 24.0 Å². The Kier molecular flexibility index (Phi) is 10.5. The molecule has 1 unspecified atom stereocenters. The van der Waals surface area contributed by atoms with Crippen LogP contribution in [0.25, 0.3) is 22.0 Å². The number of anilines is 3. The van der Waals surface area contributed by atoms with E-state index in [1.807, 2.05) is 40.9 Å². The molecule has 1 atom stereocenters. The van der Waals surface area contributed by atoms with Crippen LogP contribution in [0.5, 0.6) is 0 Å². The van der Waals surface area contributed by atoms with E-state index < -0.39 is 36.1 Å². The van der Waals surface area contributed by atoms with Gasteiger partial charge in [0.05, 0.1) is 29.2 Å². The van der Waals surface area contributed by atoms with Gasteiger partial charge in [-0.2, -0.15) is 5.10 Å². The van der Waals surface area contributed by atoms with Crippen molar-refractivity contribution in [3.63, 3.8) is 0 Å². The van der Waals surface area contributed by atoms with Crippen molar-refractivity contribution in [1.29, 1.82) is 0 Å². The number of piperazine rings is 1. The maximum atomic E-state index is 15.1. The molecular weight excluding hydrogens is 849 g/mol. The summed E-state index contributed by atoms with van der Waals surface area (Å²) in [6, 6.07) is 9.93. The number of carbonyl (C=O) groups is 5. The number of alkyl halides is 2. The Morgan fingerprint density at radius 1 is 0.864 bits per heavy atom. The Labute approximate surface area is 379 Å². The lowest BCUT2D eigenvalue weighted by molar-refractivity contribution is -0.136. The number of carbonyl (C=O) groups excluding carboxylic acids is 5. The molecule has 1 N–H and O–H groups in total. The highest BCUT2D eigenvalue weighted by molar-refractivity contribution is 6.23. The van der Waals surface area contributed by atoms with Crippen molar-refractivity contribution in [2.24, 2.45) is 7.05 Å². The fraction of sp³-hybridized carbons (Fsp3) is 0.438. The zero-order valence-corrected chi connectivity index (χ0v) is 37.0. The number of nitrogens with zero attached hydrogens (tertiary/aromatic N) is 10. The monoisotopic (exact) mass is 899 g/mol. The van der Waals surface area contributed by atoms with Crippen LogP contribution in [0.15, 0.2) is 55.0 Å². The van der Waals surface area contributed by atoms with E-state index in [0.29, 0.717) is 31.6 Å². The molecule has 6 aliphatic rings. The number of aryl methyl sites for hydroxylation is 2. The molecule has 0 radical (unpaired) electrons. The minimum Gasteiger partial charge on any atom is -0.369 e. The third kappa shape index (κ3) is 7.12. The molecule has 0 saturated carbocycles. The minimum atomic E-state index is -2.70. The van der Waals surface area contributed by atoms with Crippen LogP contribution in [-0.2, 0) is 40.8 Å². The fourth-order valence-electron chi connectivity index (χ4n) is 11.0. The molecule has 0 bridgehead atoms. The highest BCUT2D eigenvalue weighted by Gasteiger charge is 2.45. The second kappa shape index (κ2) is 16.4. The minimum absolute atomic E-state index is 0.000455. The third-order valence-electron chi connectivity index (χ3n) is 14.6. The smallest absolute Gasteiger partial charge is 0.264 e. The Hall–Kier alpha value is -6.53. The maximum Gasteiger partial charge on any atom is 0.264 e. The van der Waals surface area contributed by atoms with Gasteiger partial charge in [0.25, 0.3) is 18.2 Å². The quantitative estimate of drug-likeness (QED) is 0.209. The van der Waals surface area contributed by atoms with E-state index in [-0.39, 0.29) is 41.5 Å². The van der Waals surface area contributed by atoms with Gasteiger partial charge in [0.15, 0.2) is 5.82 Å². The summed E-state index contributed by atoms with van der Waals surface area (Å²) in [5.74, 6) is -1.29. The Bertz CT molecular complexity index is 2840. The summed E-state index contributed by atoms with van der Waals surface area (Å²) in [6.07, 6.45) is 5.12. The van der Waals surface area contributed by atoms with Crippen LogP contribution >= 0.6 is 0 Å². The Morgan fingerprint density at radius 3 is 2.42 bits per heavy atom. The van der Waals surface area contributed by atoms with E-state index in [0.717, 1.165) is 121 Å². The number of imide groups is 2. The van der Waals surface area contributed by atoms with E-state index in [1.54, 1.807) is 37.5 Å². The third-order valence-corrected chi connectivity index (χ3v) is 14.6. The van der Waals surface area contributed by atoms with Crippen molar-refractivity contribution in [2.75, 3.05) is 75.2 Å². The molecule has 342 valence electrons. The molecule has 18 heteroatoms. The standard InChI is InChI=1S/C48H51F2N11O5/c1-28(62)58-13-10-40-38(27-58)45(59-12-3-4-29-20-33(34(44(49)50)22-42(29)59)37-26-54(2)39-9-11-51-23-36(37)39)53-61(40)31-24-56(25-31)15-14-55-16-18-57(19-17-55)30-5-6-32-35(21-30)48(66)60(47(32)65)41-7-8-43(63)52-46(41)64/h5-6,9,11,20-23,26,31,41,44H,3-4,7-8,10,12-19,24-25,27H2,1-2H3,(H,52,63,64). The average Bonchev–Trinajstić information content (AvgIpc) is 3.93. The number of hydrogen-bond acceptors (Lipinski definition) is 11. The molecule has 9 heterocycles. The zero-order chi connectivity index (χ0) is 45.5. The number of pyridine rings is 1. The normalized spacial score (nSPS) is 20.6. The first-order valence-electron chi connectivity index (χ1n) is 22.9. The first kappa shape index (κ1) is 42.1. The highest BCUT2D eigenvalue weighted by atomic mass is 19.3. The van der Waals surface area contributed by atoms with Crippen molar-refractivity contribution in [3.8, 4) is 11.1 Å².